The highest BCUT2D eigenvalue weighted by Crippen LogP contribution is 2.26. The lowest BCUT2D eigenvalue weighted by atomic mass is 10.2. The molecule has 1 rings (SSSR count). The Hall–Kier alpha value is -1.30. The summed E-state index contributed by atoms with van der Waals surface area (Å²) >= 11 is 0. The van der Waals surface area contributed by atoms with E-state index in [1.807, 2.05) is 13.8 Å². The molecule has 0 amide bonds. The van der Waals surface area contributed by atoms with Gasteiger partial charge in [0.2, 0.25) is 11.6 Å². The molecule has 0 heterocycles. The Morgan fingerprint density at radius 2 is 1.67 bits per heavy atom. The van der Waals surface area contributed by atoms with E-state index in [1.54, 1.807) is 0 Å². The monoisotopic (exact) mass is 265 g/mol. The predicted molar refractivity (Wildman–Crippen MR) is 59.5 cm³/mol. The van der Waals surface area contributed by atoms with Crippen molar-refractivity contribution in [2.75, 3.05) is 13.2 Å². The molecule has 0 saturated heterocycles. The molecule has 0 fully saturated rings. The van der Waals surface area contributed by atoms with Crippen LogP contribution in [0, 0.1) is 23.3 Å². The average Bonchev–Trinajstić information content (AvgIpc) is 2.35. The van der Waals surface area contributed by atoms with Gasteiger partial charge < -0.3 is 10.1 Å². The van der Waals surface area contributed by atoms with E-state index >= 15 is 0 Å². The number of likely N-dealkylation sites (N-methyl/N-ethyl adjacent to an activating group) is 1. The molecule has 0 aliphatic heterocycles. The molecule has 2 nitrogen and oxygen atoms in total. The lowest BCUT2D eigenvalue weighted by Gasteiger charge is -2.17. The fourth-order valence-corrected chi connectivity index (χ4v) is 1.47. The summed E-state index contributed by atoms with van der Waals surface area (Å²) in [6.07, 6.45) is 0.662. The first-order chi connectivity index (χ1) is 8.51. The quantitative estimate of drug-likeness (QED) is 0.630. The second kappa shape index (κ2) is 6.58. The van der Waals surface area contributed by atoms with E-state index in [-0.39, 0.29) is 18.7 Å². The Bertz CT molecular complexity index is 385. The van der Waals surface area contributed by atoms with E-state index in [0.717, 1.165) is 0 Å². The number of rotatable bonds is 6. The van der Waals surface area contributed by atoms with Crippen LogP contribution in [-0.2, 0) is 0 Å². The largest absolute Gasteiger partial charge is 0.486 e. The molecular formula is C12H15F4NO. The van der Waals surface area contributed by atoms with E-state index in [0.29, 0.717) is 13.0 Å². The van der Waals surface area contributed by atoms with Crippen molar-refractivity contribution in [3.63, 3.8) is 0 Å². The van der Waals surface area contributed by atoms with E-state index < -0.39 is 29.0 Å². The molecule has 0 spiro atoms. The third kappa shape index (κ3) is 3.35. The molecule has 0 saturated carbocycles. The summed E-state index contributed by atoms with van der Waals surface area (Å²) in [6, 6.07) is 0.0131. The fourth-order valence-electron chi connectivity index (χ4n) is 1.47. The van der Waals surface area contributed by atoms with E-state index in [9.17, 15) is 17.6 Å². The standard InChI is InChI=1S/C12H15F4NO/c1-3-7(17-4-2)6-18-12-10(15)8(13)5-9(14)11(12)16/h5,7,17H,3-4,6H2,1-2H3. The number of benzene rings is 1. The molecule has 6 heteroatoms. The van der Waals surface area contributed by atoms with Gasteiger partial charge in [0.05, 0.1) is 0 Å². The van der Waals surface area contributed by atoms with Gasteiger partial charge in [-0.25, -0.2) is 8.78 Å². The smallest absolute Gasteiger partial charge is 0.203 e. The maximum atomic E-state index is 13.3. The Balaban J connectivity index is 2.84. The zero-order valence-corrected chi connectivity index (χ0v) is 10.2. The van der Waals surface area contributed by atoms with Crippen molar-refractivity contribution in [1.29, 1.82) is 0 Å². The van der Waals surface area contributed by atoms with Gasteiger partial charge in [0.25, 0.3) is 0 Å². The molecule has 1 unspecified atom stereocenters. The molecule has 1 N–H and O–H groups in total. The van der Waals surface area contributed by atoms with Crippen LogP contribution >= 0.6 is 0 Å². The van der Waals surface area contributed by atoms with Gasteiger partial charge in [-0.2, -0.15) is 8.78 Å². The summed E-state index contributed by atoms with van der Waals surface area (Å²) in [4.78, 5) is 0. The molecule has 0 radical (unpaired) electrons. The molecule has 1 aromatic rings. The zero-order chi connectivity index (χ0) is 13.7. The van der Waals surface area contributed by atoms with E-state index in [2.05, 4.69) is 5.32 Å². The minimum absolute atomic E-state index is 0.0684. The summed E-state index contributed by atoms with van der Waals surface area (Å²) in [5.41, 5.74) is 0. The van der Waals surface area contributed by atoms with Crippen LogP contribution in [0.2, 0.25) is 0 Å². The molecule has 102 valence electrons. The van der Waals surface area contributed by atoms with Gasteiger partial charge in [0.15, 0.2) is 17.4 Å². The van der Waals surface area contributed by atoms with Gasteiger partial charge in [-0.3, -0.25) is 0 Å². The van der Waals surface area contributed by atoms with Crippen LogP contribution in [0.25, 0.3) is 0 Å². The van der Waals surface area contributed by atoms with Crippen LogP contribution in [0.15, 0.2) is 6.07 Å². The minimum Gasteiger partial charge on any atom is -0.486 e. The van der Waals surface area contributed by atoms with Gasteiger partial charge in [0, 0.05) is 12.1 Å². The maximum absolute atomic E-state index is 13.3. The van der Waals surface area contributed by atoms with Crippen molar-refractivity contribution in [3.8, 4) is 5.75 Å². The summed E-state index contributed by atoms with van der Waals surface area (Å²) in [7, 11) is 0. The number of nitrogens with one attached hydrogen (secondary N) is 1. The van der Waals surface area contributed by atoms with Crippen LogP contribution in [0.1, 0.15) is 20.3 Å². The summed E-state index contributed by atoms with van der Waals surface area (Å²) in [6.45, 7) is 4.31. The summed E-state index contributed by atoms with van der Waals surface area (Å²) in [5, 5.41) is 3.01. The minimum atomic E-state index is -1.51. The van der Waals surface area contributed by atoms with Crippen LogP contribution in [0.3, 0.4) is 0 Å². The second-order valence-corrected chi connectivity index (χ2v) is 3.77. The molecule has 1 atom stereocenters. The molecule has 1 aromatic carbocycles. The van der Waals surface area contributed by atoms with Crippen molar-refractivity contribution < 1.29 is 22.3 Å². The lowest BCUT2D eigenvalue weighted by Crippen LogP contribution is -2.34. The van der Waals surface area contributed by atoms with Gasteiger partial charge in [-0.15, -0.1) is 0 Å². The van der Waals surface area contributed by atoms with Crippen molar-refractivity contribution in [1.82, 2.24) is 5.32 Å². The highest BCUT2D eigenvalue weighted by molar-refractivity contribution is 5.28. The number of ether oxygens (including phenoxy) is 1. The second-order valence-electron chi connectivity index (χ2n) is 3.77. The van der Waals surface area contributed by atoms with Crippen LogP contribution in [0.4, 0.5) is 17.6 Å². The lowest BCUT2D eigenvalue weighted by molar-refractivity contribution is 0.233. The Kier molecular flexibility index (Phi) is 5.40. The van der Waals surface area contributed by atoms with E-state index in [1.165, 1.54) is 0 Å². The van der Waals surface area contributed by atoms with Gasteiger partial charge in [0.1, 0.15) is 6.61 Å². The highest BCUT2D eigenvalue weighted by Gasteiger charge is 2.21. The number of hydrogen-bond acceptors (Lipinski definition) is 2. The molecule has 18 heavy (non-hydrogen) atoms. The summed E-state index contributed by atoms with van der Waals surface area (Å²) < 4.78 is 57.1. The van der Waals surface area contributed by atoms with Crippen molar-refractivity contribution in [2.24, 2.45) is 0 Å². The van der Waals surface area contributed by atoms with E-state index in [4.69, 9.17) is 4.74 Å². The molecule has 0 aliphatic carbocycles. The molecule has 0 bridgehead atoms. The first-order valence-corrected chi connectivity index (χ1v) is 5.70. The highest BCUT2D eigenvalue weighted by atomic mass is 19.2. The Morgan fingerprint density at radius 3 is 2.11 bits per heavy atom. The average molecular weight is 265 g/mol. The third-order valence-electron chi connectivity index (χ3n) is 2.49. The third-order valence-corrected chi connectivity index (χ3v) is 2.49. The zero-order valence-electron chi connectivity index (χ0n) is 10.2. The van der Waals surface area contributed by atoms with Crippen LogP contribution in [-0.4, -0.2) is 19.2 Å². The summed E-state index contributed by atoms with van der Waals surface area (Å²) in [5.74, 6) is -6.98. The van der Waals surface area contributed by atoms with Crippen molar-refractivity contribution in [2.45, 2.75) is 26.3 Å². The van der Waals surface area contributed by atoms with Crippen LogP contribution in [0.5, 0.6) is 5.75 Å². The van der Waals surface area contributed by atoms with Crippen LogP contribution < -0.4 is 10.1 Å². The SMILES string of the molecule is CCNC(CC)COc1c(F)c(F)cc(F)c1F. The Morgan fingerprint density at radius 1 is 1.11 bits per heavy atom. The predicted octanol–water partition coefficient (Wildman–Crippen LogP) is 3.01. The van der Waals surface area contributed by atoms with Gasteiger partial charge in [-0.1, -0.05) is 13.8 Å². The molecule has 0 aromatic heterocycles. The van der Waals surface area contributed by atoms with Crippen molar-refractivity contribution in [3.05, 3.63) is 29.3 Å². The Labute approximate surface area is 103 Å². The first-order valence-electron chi connectivity index (χ1n) is 5.70. The fraction of sp³-hybridized carbons (Fsp3) is 0.500. The number of hydrogen-bond donors (Lipinski definition) is 1. The molecule has 0 aliphatic rings. The van der Waals surface area contributed by atoms with Gasteiger partial charge in [-0.05, 0) is 13.0 Å². The molecular weight excluding hydrogens is 250 g/mol. The van der Waals surface area contributed by atoms with Crippen molar-refractivity contribution >= 4 is 0 Å². The first kappa shape index (κ1) is 14.8. The van der Waals surface area contributed by atoms with Gasteiger partial charge >= 0.3 is 0 Å². The number of halogens is 4. The maximum Gasteiger partial charge on any atom is 0.203 e. The normalized spacial score (nSPS) is 12.6. The topological polar surface area (TPSA) is 21.3 Å².